The number of hydrogen-bond acceptors (Lipinski definition) is 0. The summed E-state index contributed by atoms with van der Waals surface area (Å²) in [5.74, 6) is 0. The maximum Gasteiger partial charge on any atom is -0.00202 e. The predicted molar refractivity (Wildman–Crippen MR) is 127 cm³/mol. The van der Waals surface area contributed by atoms with Gasteiger partial charge in [0.2, 0.25) is 0 Å². The average Bonchev–Trinajstić information content (AvgIpc) is 2.79. The van der Waals surface area contributed by atoms with Crippen LogP contribution in [0.3, 0.4) is 0 Å². The van der Waals surface area contributed by atoms with Crippen molar-refractivity contribution < 1.29 is 0 Å². The molecule has 0 saturated heterocycles. The summed E-state index contributed by atoms with van der Waals surface area (Å²) >= 11 is 0. The molecule has 0 aliphatic heterocycles. The van der Waals surface area contributed by atoms with Gasteiger partial charge in [-0.2, -0.15) is 0 Å². The fraction of sp³-hybridized carbons (Fsp3) is 0.0345. The number of fused-ring (bicyclic) bond motifs is 5. The van der Waals surface area contributed by atoms with E-state index in [1.54, 1.807) is 0 Å². The Hall–Kier alpha value is -3.64. The number of benzene rings is 6. The molecule has 0 amide bonds. The molecule has 6 rings (SSSR count). The lowest BCUT2D eigenvalue weighted by Gasteiger charge is -2.18. The predicted octanol–water partition coefficient (Wildman–Crippen LogP) is 8.27. The topological polar surface area (TPSA) is 0 Å². The van der Waals surface area contributed by atoms with Gasteiger partial charge < -0.3 is 0 Å². The van der Waals surface area contributed by atoms with Gasteiger partial charge in [0, 0.05) is 0 Å². The van der Waals surface area contributed by atoms with E-state index in [-0.39, 0.29) is 0 Å². The lowest BCUT2D eigenvalue weighted by atomic mass is 9.86. The highest BCUT2D eigenvalue weighted by Gasteiger charge is 2.16. The van der Waals surface area contributed by atoms with Gasteiger partial charge in [-0.3, -0.25) is 0 Å². The summed E-state index contributed by atoms with van der Waals surface area (Å²) in [6.07, 6.45) is 0. The minimum atomic E-state index is 1.29. The highest BCUT2D eigenvalue weighted by molar-refractivity contribution is 6.22. The minimum Gasteiger partial charge on any atom is -0.0616 e. The zero-order chi connectivity index (χ0) is 19.4. The molecule has 0 bridgehead atoms. The summed E-state index contributed by atoms with van der Waals surface area (Å²) in [6.45, 7) is 2.24. The molecule has 0 aliphatic rings. The zero-order valence-electron chi connectivity index (χ0n) is 16.3. The molecule has 0 aliphatic carbocycles. The van der Waals surface area contributed by atoms with Gasteiger partial charge in [-0.15, -0.1) is 0 Å². The van der Waals surface area contributed by atoms with Crippen LogP contribution >= 0.6 is 0 Å². The molecule has 0 heteroatoms. The van der Waals surface area contributed by atoms with Gasteiger partial charge in [-0.05, 0) is 72.8 Å². The van der Waals surface area contributed by atoms with E-state index in [9.17, 15) is 0 Å². The van der Waals surface area contributed by atoms with E-state index in [4.69, 9.17) is 0 Å². The van der Waals surface area contributed by atoms with Gasteiger partial charge >= 0.3 is 0 Å². The van der Waals surface area contributed by atoms with Crippen LogP contribution in [0.4, 0.5) is 0 Å². The third-order valence-corrected chi connectivity index (χ3v) is 6.24. The van der Waals surface area contributed by atoms with Crippen molar-refractivity contribution in [3.63, 3.8) is 0 Å². The lowest BCUT2D eigenvalue weighted by Crippen LogP contribution is -1.91. The summed E-state index contributed by atoms with van der Waals surface area (Å²) in [5, 5.41) is 10.5. The van der Waals surface area contributed by atoms with Crippen molar-refractivity contribution in [2.75, 3.05) is 0 Å². The number of rotatable bonds is 1. The largest absolute Gasteiger partial charge is 0.0616 e. The van der Waals surface area contributed by atoms with E-state index in [1.807, 2.05) is 0 Å². The van der Waals surface area contributed by atoms with Gasteiger partial charge in [-0.25, -0.2) is 0 Å². The average molecular weight is 368 g/mol. The van der Waals surface area contributed by atoms with Crippen molar-refractivity contribution >= 4 is 43.1 Å². The SMILES string of the molecule is Cc1c2ccccc2c(-c2cc3ccccc3c3ccccc23)c2ccccc12. The first kappa shape index (κ1) is 16.3. The zero-order valence-corrected chi connectivity index (χ0v) is 16.3. The lowest BCUT2D eigenvalue weighted by molar-refractivity contribution is 1.58. The van der Waals surface area contributed by atoms with Crippen molar-refractivity contribution in [3.05, 3.63) is 109 Å². The molecule has 0 aromatic heterocycles. The fourth-order valence-corrected chi connectivity index (χ4v) is 4.90. The van der Waals surface area contributed by atoms with Crippen LogP contribution in [0, 0.1) is 6.92 Å². The third kappa shape index (κ3) is 2.33. The molecule has 0 radical (unpaired) electrons. The van der Waals surface area contributed by atoms with Crippen molar-refractivity contribution in [2.24, 2.45) is 0 Å². The van der Waals surface area contributed by atoms with Gasteiger partial charge in [0.15, 0.2) is 0 Å². The molecule has 6 aromatic rings. The number of aryl methyl sites for hydroxylation is 1. The van der Waals surface area contributed by atoms with Crippen LogP contribution in [0.2, 0.25) is 0 Å². The molecule has 0 fully saturated rings. The summed E-state index contributed by atoms with van der Waals surface area (Å²) in [4.78, 5) is 0. The molecule has 0 heterocycles. The van der Waals surface area contributed by atoms with Gasteiger partial charge in [0.25, 0.3) is 0 Å². The molecule has 0 nitrogen and oxygen atoms in total. The second kappa shape index (κ2) is 6.18. The van der Waals surface area contributed by atoms with E-state index in [1.165, 1.54) is 59.8 Å². The van der Waals surface area contributed by atoms with Crippen LogP contribution in [0.25, 0.3) is 54.2 Å². The summed E-state index contributed by atoms with van der Waals surface area (Å²) in [5.41, 5.74) is 4.00. The Labute approximate surface area is 170 Å². The molecule has 0 saturated carbocycles. The Morgan fingerprint density at radius 2 is 0.862 bits per heavy atom. The van der Waals surface area contributed by atoms with E-state index in [0.717, 1.165) is 0 Å². The van der Waals surface area contributed by atoms with Crippen LogP contribution in [-0.2, 0) is 0 Å². The van der Waals surface area contributed by atoms with E-state index in [0.29, 0.717) is 0 Å². The maximum absolute atomic E-state index is 2.38. The first-order valence-electron chi connectivity index (χ1n) is 10.1. The molecule has 0 unspecified atom stereocenters. The van der Waals surface area contributed by atoms with Crippen LogP contribution < -0.4 is 0 Å². The van der Waals surface area contributed by atoms with Crippen molar-refractivity contribution in [1.29, 1.82) is 0 Å². The van der Waals surface area contributed by atoms with E-state index < -0.39 is 0 Å². The normalized spacial score (nSPS) is 11.6. The summed E-state index contributed by atoms with van der Waals surface area (Å²) in [7, 11) is 0. The van der Waals surface area contributed by atoms with Crippen LogP contribution in [-0.4, -0.2) is 0 Å². The molecule has 0 N–H and O–H groups in total. The standard InChI is InChI=1S/C29H20/c1-19-21-11-4-8-16-26(21)29(27-17-9-5-12-22(19)27)28-18-20-10-2-3-13-23(20)24-14-6-7-15-25(24)28/h2-18H,1H3. The summed E-state index contributed by atoms with van der Waals surface area (Å²) in [6, 6.07) is 37.6. The second-order valence-electron chi connectivity index (χ2n) is 7.78. The Morgan fingerprint density at radius 3 is 1.48 bits per heavy atom. The highest BCUT2D eigenvalue weighted by Crippen LogP contribution is 2.43. The fourth-order valence-electron chi connectivity index (χ4n) is 4.90. The van der Waals surface area contributed by atoms with E-state index in [2.05, 4.69) is 110 Å². The van der Waals surface area contributed by atoms with E-state index >= 15 is 0 Å². The molecule has 0 spiro atoms. The first-order valence-corrected chi connectivity index (χ1v) is 10.1. The first-order chi connectivity index (χ1) is 14.3. The molecule has 0 atom stereocenters. The highest BCUT2D eigenvalue weighted by atomic mass is 14.2. The Morgan fingerprint density at radius 1 is 0.414 bits per heavy atom. The van der Waals surface area contributed by atoms with Crippen molar-refractivity contribution in [3.8, 4) is 11.1 Å². The van der Waals surface area contributed by atoms with Crippen molar-refractivity contribution in [1.82, 2.24) is 0 Å². The van der Waals surface area contributed by atoms with Gasteiger partial charge in [0.1, 0.15) is 0 Å². The maximum atomic E-state index is 2.38. The third-order valence-electron chi connectivity index (χ3n) is 6.24. The Bertz CT molecular complexity index is 1500. The quantitative estimate of drug-likeness (QED) is 0.202. The molecule has 29 heavy (non-hydrogen) atoms. The van der Waals surface area contributed by atoms with Gasteiger partial charge in [0.05, 0.1) is 0 Å². The molecule has 6 aromatic carbocycles. The smallest absolute Gasteiger partial charge is 0.00202 e. The monoisotopic (exact) mass is 368 g/mol. The van der Waals surface area contributed by atoms with Crippen molar-refractivity contribution in [2.45, 2.75) is 6.92 Å². The molecular weight excluding hydrogens is 348 g/mol. The Kier molecular flexibility index (Phi) is 3.48. The molecule has 136 valence electrons. The Balaban J connectivity index is 1.91. The number of hydrogen-bond donors (Lipinski definition) is 0. The second-order valence-corrected chi connectivity index (χ2v) is 7.78. The minimum absolute atomic E-state index is 1.29. The van der Waals surface area contributed by atoms with Crippen LogP contribution in [0.1, 0.15) is 5.56 Å². The summed E-state index contributed by atoms with van der Waals surface area (Å²) < 4.78 is 0. The van der Waals surface area contributed by atoms with Crippen LogP contribution in [0.5, 0.6) is 0 Å². The van der Waals surface area contributed by atoms with Crippen LogP contribution in [0.15, 0.2) is 103 Å². The molecular formula is C29H20. The van der Waals surface area contributed by atoms with Gasteiger partial charge in [-0.1, -0.05) is 97.1 Å².